The number of rotatable bonds is 4. The summed E-state index contributed by atoms with van der Waals surface area (Å²) in [5, 5.41) is 3.00. The monoisotopic (exact) mass is 268 g/mol. The molecule has 4 heteroatoms. The van der Waals surface area contributed by atoms with Crippen LogP contribution >= 0.6 is 12.4 Å². The largest absolute Gasteiger partial charge is 0.356 e. The molecule has 1 saturated carbocycles. The van der Waals surface area contributed by atoms with Gasteiger partial charge >= 0.3 is 0 Å². The fourth-order valence-corrected chi connectivity index (χ4v) is 2.37. The molecule has 100 valence electrons. The van der Waals surface area contributed by atoms with Crippen LogP contribution in [0.4, 0.5) is 0 Å². The van der Waals surface area contributed by atoms with Crippen LogP contribution in [-0.4, -0.2) is 18.5 Å². The molecule has 3 N–H and O–H groups in total. The molecule has 1 aromatic rings. The summed E-state index contributed by atoms with van der Waals surface area (Å²) in [5.41, 5.74) is 7.06. The summed E-state index contributed by atoms with van der Waals surface area (Å²) in [4.78, 5) is 11.8. The van der Waals surface area contributed by atoms with E-state index in [1.807, 2.05) is 18.2 Å². The summed E-state index contributed by atoms with van der Waals surface area (Å²) in [6.45, 7) is 0.717. The smallest absolute Gasteiger partial charge is 0.223 e. The zero-order valence-electron chi connectivity index (χ0n) is 10.5. The van der Waals surface area contributed by atoms with Gasteiger partial charge in [0.15, 0.2) is 0 Å². The average molecular weight is 269 g/mol. The fraction of sp³-hybridized carbons (Fsp3) is 0.500. The Labute approximate surface area is 115 Å². The lowest BCUT2D eigenvalue weighted by Gasteiger charge is -2.10. The van der Waals surface area contributed by atoms with Gasteiger partial charge in [-0.05, 0) is 31.2 Å². The average Bonchev–Trinajstić information content (AvgIpc) is 2.77. The van der Waals surface area contributed by atoms with Gasteiger partial charge in [-0.1, -0.05) is 30.3 Å². The quantitative estimate of drug-likeness (QED) is 0.876. The second-order valence-corrected chi connectivity index (χ2v) is 4.80. The summed E-state index contributed by atoms with van der Waals surface area (Å²) in [6.07, 6.45) is 3.66. The zero-order valence-corrected chi connectivity index (χ0v) is 11.3. The van der Waals surface area contributed by atoms with Crippen LogP contribution in [0.25, 0.3) is 0 Å². The molecule has 0 radical (unpaired) electrons. The first-order chi connectivity index (χ1) is 8.25. The van der Waals surface area contributed by atoms with E-state index in [1.54, 1.807) is 0 Å². The third-order valence-corrected chi connectivity index (χ3v) is 3.40. The number of carbonyl (C=O) groups excluding carboxylic acids is 1. The van der Waals surface area contributed by atoms with E-state index in [0.29, 0.717) is 6.54 Å². The van der Waals surface area contributed by atoms with E-state index in [1.165, 1.54) is 5.56 Å². The van der Waals surface area contributed by atoms with E-state index in [4.69, 9.17) is 5.73 Å². The molecule has 0 spiro atoms. The zero-order chi connectivity index (χ0) is 12.1. The summed E-state index contributed by atoms with van der Waals surface area (Å²) in [5.74, 6) is 0.314. The Morgan fingerprint density at radius 2 is 2.00 bits per heavy atom. The summed E-state index contributed by atoms with van der Waals surface area (Å²) in [6, 6.07) is 10.4. The number of benzene rings is 1. The fourth-order valence-electron chi connectivity index (χ4n) is 2.37. The minimum atomic E-state index is 0. The lowest BCUT2D eigenvalue weighted by molar-refractivity contribution is -0.124. The Morgan fingerprint density at radius 3 is 2.61 bits per heavy atom. The third kappa shape index (κ3) is 4.31. The van der Waals surface area contributed by atoms with Crippen LogP contribution in [0.5, 0.6) is 0 Å². The maximum atomic E-state index is 11.8. The molecule has 0 aliphatic heterocycles. The molecule has 2 unspecified atom stereocenters. The van der Waals surface area contributed by atoms with Gasteiger partial charge in [0.1, 0.15) is 0 Å². The van der Waals surface area contributed by atoms with Crippen molar-refractivity contribution in [3.05, 3.63) is 35.9 Å². The molecular formula is C14H21ClN2O. The van der Waals surface area contributed by atoms with E-state index in [2.05, 4.69) is 17.4 Å². The third-order valence-electron chi connectivity index (χ3n) is 3.40. The van der Waals surface area contributed by atoms with Crippen LogP contribution < -0.4 is 11.1 Å². The number of carbonyl (C=O) groups is 1. The minimum absolute atomic E-state index is 0. The molecule has 0 heterocycles. The van der Waals surface area contributed by atoms with Gasteiger partial charge in [0.2, 0.25) is 5.91 Å². The number of nitrogens with two attached hydrogens (primary N) is 1. The van der Waals surface area contributed by atoms with Gasteiger partial charge in [0.25, 0.3) is 0 Å². The molecule has 1 fully saturated rings. The molecule has 0 aromatic heterocycles. The van der Waals surface area contributed by atoms with Crippen molar-refractivity contribution < 1.29 is 4.79 Å². The molecule has 2 rings (SSSR count). The topological polar surface area (TPSA) is 55.1 Å². The predicted molar refractivity (Wildman–Crippen MR) is 75.7 cm³/mol. The van der Waals surface area contributed by atoms with Crippen molar-refractivity contribution in [1.29, 1.82) is 0 Å². The van der Waals surface area contributed by atoms with Gasteiger partial charge in [0.05, 0.1) is 0 Å². The Morgan fingerprint density at radius 1 is 1.28 bits per heavy atom. The van der Waals surface area contributed by atoms with Gasteiger partial charge in [-0.2, -0.15) is 0 Å². The highest BCUT2D eigenvalue weighted by Crippen LogP contribution is 2.23. The van der Waals surface area contributed by atoms with Gasteiger partial charge in [-0.25, -0.2) is 0 Å². The molecule has 1 amide bonds. The SMILES string of the molecule is Cl.NC1CCC(C(=O)NCCc2ccccc2)C1. The van der Waals surface area contributed by atoms with E-state index < -0.39 is 0 Å². The van der Waals surface area contributed by atoms with Crippen LogP contribution in [0.3, 0.4) is 0 Å². The summed E-state index contributed by atoms with van der Waals surface area (Å²) < 4.78 is 0. The number of hydrogen-bond acceptors (Lipinski definition) is 2. The van der Waals surface area contributed by atoms with Gasteiger partial charge < -0.3 is 11.1 Å². The molecule has 2 atom stereocenters. The van der Waals surface area contributed by atoms with Crippen molar-refractivity contribution in [2.45, 2.75) is 31.7 Å². The molecular weight excluding hydrogens is 248 g/mol. The van der Waals surface area contributed by atoms with Crippen molar-refractivity contribution in [2.75, 3.05) is 6.54 Å². The number of amides is 1. The maximum Gasteiger partial charge on any atom is 0.223 e. The lowest BCUT2D eigenvalue weighted by atomic mass is 10.1. The predicted octanol–water partition coefficient (Wildman–Crippen LogP) is 1.89. The van der Waals surface area contributed by atoms with E-state index in [9.17, 15) is 4.79 Å². The summed E-state index contributed by atoms with van der Waals surface area (Å²) in [7, 11) is 0. The van der Waals surface area contributed by atoms with E-state index in [-0.39, 0.29) is 30.3 Å². The Kier molecular flexibility index (Phi) is 6.16. The number of halogens is 1. The van der Waals surface area contributed by atoms with Crippen molar-refractivity contribution in [2.24, 2.45) is 11.7 Å². The number of hydrogen-bond donors (Lipinski definition) is 2. The Hall–Kier alpha value is -1.06. The normalized spacial score (nSPS) is 22.3. The molecule has 0 bridgehead atoms. The highest BCUT2D eigenvalue weighted by molar-refractivity contribution is 5.85. The van der Waals surface area contributed by atoms with E-state index >= 15 is 0 Å². The van der Waals surface area contributed by atoms with Crippen LogP contribution in [0.15, 0.2) is 30.3 Å². The molecule has 0 saturated heterocycles. The lowest BCUT2D eigenvalue weighted by Crippen LogP contribution is -2.31. The van der Waals surface area contributed by atoms with Crippen molar-refractivity contribution in [3.63, 3.8) is 0 Å². The molecule has 18 heavy (non-hydrogen) atoms. The van der Waals surface area contributed by atoms with Gasteiger partial charge in [0, 0.05) is 18.5 Å². The molecule has 1 aliphatic carbocycles. The van der Waals surface area contributed by atoms with Crippen LogP contribution in [-0.2, 0) is 11.2 Å². The summed E-state index contributed by atoms with van der Waals surface area (Å²) >= 11 is 0. The number of nitrogens with one attached hydrogen (secondary N) is 1. The minimum Gasteiger partial charge on any atom is -0.356 e. The first kappa shape index (κ1) is 15.0. The van der Waals surface area contributed by atoms with Crippen LogP contribution in [0.1, 0.15) is 24.8 Å². The Bertz CT molecular complexity index is 369. The van der Waals surface area contributed by atoms with Crippen LogP contribution in [0, 0.1) is 5.92 Å². The van der Waals surface area contributed by atoms with Gasteiger partial charge in [-0.15, -0.1) is 12.4 Å². The Balaban J connectivity index is 0.00000162. The highest BCUT2D eigenvalue weighted by Gasteiger charge is 2.27. The standard InChI is InChI=1S/C14H20N2O.ClH/c15-13-7-6-12(10-13)14(17)16-9-8-11-4-2-1-3-5-11;/h1-5,12-13H,6-10,15H2,(H,16,17);1H. The van der Waals surface area contributed by atoms with E-state index in [0.717, 1.165) is 25.7 Å². The molecule has 1 aliphatic rings. The highest BCUT2D eigenvalue weighted by atomic mass is 35.5. The second kappa shape index (κ2) is 7.39. The second-order valence-electron chi connectivity index (χ2n) is 4.80. The van der Waals surface area contributed by atoms with Crippen molar-refractivity contribution in [1.82, 2.24) is 5.32 Å². The maximum absolute atomic E-state index is 11.8. The molecule has 3 nitrogen and oxygen atoms in total. The first-order valence-electron chi connectivity index (χ1n) is 6.33. The van der Waals surface area contributed by atoms with Gasteiger partial charge in [-0.3, -0.25) is 4.79 Å². The van der Waals surface area contributed by atoms with Crippen molar-refractivity contribution >= 4 is 18.3 Å². The first-order valence-corrected chi connectivity index (χ1v) is 6.33. The molecule has 1 aromatic carbocycles. The van der Waals surface area contributed by atoms with Crippen molar-refractivity contribution in [3.8, 4) is 0 Å². The van der Waals surface area contributed by atoms with Crippen LogP contribution in [0.2, 0.25) is 0 Å².